The van der Waals surface area contributed by atoms with E-state index < -0.39 is 0 Å². The van der Waals surface area contributed by atoms with Crippen LogP contribution in [0.4, 0.5) is 0 Å². The molecule has 0 aliphatic heterocycles. The first-order valence-corrected chi connectivity index (χ1v) is 7.34. The second-order valence-corrected chi connectivity index (χ2v) is 5.84. The molecule has 0 unspecified atom stereocenters. The third-order valence-electron chi connectivity index (χ3n) is 2.78. The lowest BCUT2D eigenvalue weighted by Crippen LogP contribution is -1.93. The van der Waals surface area contributed by atoms with Crippen LogP contribution in [0.2, 0.25) is 0 Å². The fourth-order valence-corrected chi connectivity index (χ4v) is 3.21. The molecule has 0 bridgehead atoms. The molecule has 0 atom stereocenters. The summed E-state index contributed by atoms with van der Waals surface area (Å²) in [5.41, 5.74) is 0. The zero-order valence-corrected chi connectivity index (χ0v) is 12.0. The van der Waals surface area contributed by atoms with Gasteiger partial charge in [-0.25, -0.2) is 0 Å². The largest absolute Gasteiger partial charge is 0.488 e. The van der Waals surface area contributed by atoms with Gasteiger partial charge >= 0.3 is 0 Å². The molecule has 1 heterocycles. The molecule has 0 aliphatic rings. The number of benzene rings is 2. The Balaban J connectivity index is 1.81. The molecule has 18 heavy (non-hydrogen) atoms. The molecule has 0 saturated heterocycles. The van der Waals surface area contributed by atoms with E-state index in [1.165, 1.54) is 15.6 Å². The van der Waals surface area contributed by atoms with Gasteiger partial charge in [0.05, 0.1) is 4.88 Å². The average molecular weight is 319 g/mol. The minimum atomic E-state index is 0.608. The van der Waals surface area contributed by atoms with Gasteiger partial charge in [0.15, 0.2) is 0 Å². The minimum absolute atomic E-state index is 0.608. The monoisotopic (exact) mass is 318 g/mol. The number of hydrogen-bond donors (Lipinski definition) is 0. The summed E-state index contributed by atoms with van der Waals surface area (Å²) in [6.07, 6.45) is 0. The maximum absolute atomic E-state index is 5.82. The van der Waals surface area contributed by atoms with Gasteiger partial charge in [-0.2, -0.15) is 0 Å². The van der Waals surface area contributed by atoms with Gasteiger partial charge in [-0.1, -0.05) is 30.3 Å². The molecule has 0 N–H and O–H groups in total. The lowest BCUT2D eigenvalue weighted by atomic mass is 10.1. The highest BCUT2D eigenvalue weighted by Crippen LogP contribution is 2.26. The first-order valence-electron chi connectivity index (χ1n) is 5.66. The van der Waals surface area contributed by atoms with Crippen molar-refractivity contribution in [3.63, 3.8) is 0 Å². The fourth-order valence-electron chi connectivity index (χ4n) is 1.83. The first kappa shape index (κ1) is 11.8. The Morgan fingerprint density at radius 3 is 2.61 bits per heavy atom. The van der Waals surface area contributed by atoms with Crippen molar-refractivity contribution in [2.45, 2.75) is 6.61 Å². The van der Waals surface area contributed by atoms with Crippen LogP contribution in [0.3, 0.4) is 0 Å². The number of hydrogen-bond acceptors (Lipinski definition) is 2. The molecular formula is C15H11BrOS. The first-order chi connectivity index (χ1) is 8.83. The Morgan fingerprint density at radius 2 is 1.83 bits per heavy atom. The lowest BCUT2D eigenvalue weighted by molar-refractivity contribution is 0.309. The van der Waals surface area contributed by atoms with E-state index in [0.717, 1.165) is 10.2 Å². The van der Waals surface area contributed by atoms with Gasteiger partial charge in [-0.15, -0.1) is 11.3 Å². The topological polar surface area (TPSA) is 9.23 Å². The van der Waals surface area contributed by atoms with Crippen LogP contribution in [0.15, 0.2) is 58.4 Å². The van der Waals surface area contributed by atoms with Gasteiger partial charge < -0.3 is 4.74 Å². The lowest BCUT2D eigenvalue weighted by Gasteiger charge is -2.06. The predicted octanol–water partition coefficient (Wildman–Crippen LogP) is 5.24. The van der Waals surface area contributed by atoms with E-state index in [4.69, 9.17) is 4.74 Å². The minimum Gasteiger partial charge on any atom is -0.488 e. The van der Waals surface area contributed by atoms with Crippen molar-refractivity contribution in [3.8, 4) is 5.75 Å². The molecule has 0 fully saturated rings. The molecule has 3 heteroatoms. The second-order valence-electron chi connectivity index (χ2n) is 3.99. The van der Waals surface area contributed by atoms with E-state index in [1.54, 1.807) is 11.3 Å². The fraction of sp³-hybridized carbons (Fsp3) is 0.0667. The number of fused-ring (bicyclic) bond motifs is 1. The Labute approximate surface area is 118 Å². The molecule has 0 aliphatic carbocycles. The summed E-state index contributed by atoms with van der Waals surface area (Å²) < 4.78 is 6.94. The van der Waals surface area contributed by atoms with Crippen molar-refractivity contribution >= 4 is 38.0 Å². The molecule has 0 radical (unpaired) electrons. The van der Waals surface area contributed by atoms with Crippen molar-refractivity contribution in [2.75, 3.05) is 0 Å². The van der Waals surface area contributed by atoms with Crippen LogP contribution in [0, 0.1) is 0 Å². The van der Waals surface area contributed by atoms with Crippen LogP contribution in [0.5, 0.6) is 5.75 Å². The van der Waals surface area contributed by atoms with Gasteiger partial charge in [0.2, 0.25) is 0 Å². The third-order valence-corrected chi connectivity index (χ3v) is 4.68. The highest BCUT2D eigenvalue weighted by molar-refractivity contribution is 9.10. The Morgan fingerprint density at radius 1 is 1.00 bits per heavy atom. The van der Waals surface area contributed by atoms with Gasteiger partial charge in [0.1, 0.15) is 12.4 Å². The van der Waals surface area contributed by atoms with Crippen molar-refractivity contribution < 1.29 is 4.74 Å². The zero-order valence-electron chi connectivity index (χ0n) is 9.60. The zero-order chi connectivity index (χ0) is 12.4. The summed E-state index contributed by atoms with van der Waals surface area (Å²) in [4.78, 5) is 1.21. The molecule has 0 amide bonds. The Bertz CT molecular complexity index is 675. The molecule has 2 aromatic carbocycles. The average Bonchev–Trinajstić information content (AvgIpc) is 2.82. The highest BCUT2D eigenvalue weighted by Gasteiger charge is 2.02. The highest BCUT2D eigenvalue weighted by atomic mass is 79.9. The maximum atomic E-state index is 5.82. The van der Waals surface area contributed by atoms with Crippen molar-refractivity contribution in [3.05, 3.63) is 63.3 Å². The smallest absolute Gasteiger partial charge is 0.124 e. The molecule has 90 valence electrons. The van der Waals surface area contributed by atoms with E-state index in [1.807, 2.05) is 24.3 Å². The predicted molar refractivity (Wildman–Crippen MR) is 80.3 cm³/mol. The number of halogens is 1. The van der Waals surface area contributed by atoms with Crippen molar-refractivity contribution in [1.29, 1.82) is 0 Å². The molecule has 3 rings (SSSR count). The van der Waals surface area contributed by atoms with Crippen LogP contribution in [0.1, 0.15) is 4.88 Å². The number of ether oxygens (including phenoxy) is 1. The van der Waals surface area contributed by atoms with Crippen molar-refractivity contribution in [2.24, 2.45) is 0 Å². The van der Waals surface area contributed by atoms with E-state index in [-0.39, 0.29) is 0 Å². The van der Waals surface area contributed by atoms with Crippen LogP contribution in [0.25, 0.3) is 10.8 Å². The Hall–Kier alpha value is -1.32. The molecule has 0 spiro atoms. The second kappa shape index (κ2) is 5.12. The van der Waals surface area contributed by atoms with E-state index >= 15 is 0 Å². The normalized spacial score (nSPS) is 10.7. The number of thiophene rings is 1. The summed E-state index contributed by atoms with van der Waals surface area (Å²) in [6, 6.07) is 16.5. The van der Waals surface area contributed by atoms with Crippen LogP contribution < -0.4 is 4.74 Å². The molecule has 0 saturated carbocycles. The molecule has 3 aromatic rings. The SMILES string of the molecule is Brc1ccsc1COc1ccc2ccccc2c1. The van der Waals surface area contributed by atoms with Gasteiger partial charge in [0.25, 0.3) is 0 Å². The van der Waals surface area contributed by atoms with Crippen LogP contribution in [-0.4, -0.2) is 0 Å². The van der Waals surface area contributed by atoms with Crippen LogP contribution >= 0.6 is 27.3 Å². The van der Waals surface area contributed by atoms with Crippen molar-refractivity contribution in [1.82, 2.24) is 0 Å². The van der Waals surface area contributed by atoms with Gasteiger partial charge in [-0.05, 0) is 50.3 Å². The standard InChI is InChI=1S/C15H11BrOS/c16-14-7-8-18-15(14)10-17-13-6-5-11-3-1-2-4-12(11)9-13/h1-9H,10H2. The quantitative estimate of drug-likeness (QED) is 0.641. The summed E-state index contributed by atoms with van der Waals surface area (Å²) in [7, 11) is 0. The van der Waals surface area contributed by atoms with E-state index in [0.29, 0.717) is 6.61 Å². The van der Waals surface area contributed by atoms with Crippen LogP contribution in [-0.2, 0) is 6.61 Å². The number of rotatable bonds is 3. The molecular weight excluding hydrogens is 308 g/mol. The summed E-state index contributed by atoms with van der Waals surface area (Å²) in [6.45, 7) is 0.608. The maximum Gasteiger partial charge on any atom is 0.124 e. The summed E-state index contributed by atoms with van der Waals surface area (Å²) in [5, 5.41) is 4.51. The molecule has 1 aromatic heterocycles. The Kier molecular flexibility index (Phi) is 3.35. The third kappa shape index (κ3) is 2.42. The summed E-state index contributed by atoms with van der Waals surface area (Å²) in [5.74, 6) is 0.911. The molecule has 1 nitrogen and oxygen atoms in total. The van der Waals surface area contributed by atoms with Gasteiger partial charge in [-0.3, -0.25) is 0 Å². The summed E-state index contributed by atoms with van der Waals surface area (Å²) >= 11 is 5.21. The van der Waals surface area contributed by atoms with Gasteiger partial charge in [0, 0.05) is 4.47 Å². The van der Waals surface area contributed by atoms with E-state index in [2.05, 4.69) is 45.6 Å². The van der Waals surface area contributed by atoms with E-state index in [9.17, 15) is 0 Å².